The average molecular weight is 299 g/mol. The molecule has 2 aromatic heterocycles. The zero-order valence-corrected chi connectivity index (χ0v) is 14.2. The summed E-state index contributed by atoms with van der Waals surface area (Å²) < 4.78 is 1.48. The van der Waals surface area contributed by atoms with Crippen LogP contribution >= 0.6 is 0 Å². The number of aromatic nitrogens is 1. The maximum absolute atomic E-state index is 12.6. The normalized spacial score (nSPS) is 11.1. The quantitative estimate of drug-likeness (QED) is 0.346. The van der Waals surface area contributed by atoms with Gasteiger partial charge in [0.1, 0.15) is 0 Å². The predicted molar refractivity (Wildman–Crippen MR) is 79.3 cm³/mol. The summed E-state index contributed by atoms with van der Waals surface area (Å²) in [5.41, 5.74) is 0.517. The van der Waals surface area contributed by atoms with Crippen LogP contribution in [0.25, 0.3) is 27.2 Å². The smallest absolute Gasteiger partial charge is 0.871 e. The van der Waals surface area contributed by atoms with Crippen molar-refractivity contribution >= 4 is 33.0 Å². The fourth-order valence-corrected chi connectivity index (χ4v) is 3.07. The molecule has 0 bridgehead atoms. The summed E-state index contributed by atoms with van der Waals surface area (Å²) in [7, 11) is 0. The van der Waals surface area contributed by atoms with E-state index in [0.717, 1.165) is 16.3 Å². The van der Waals surface area contributed by atoms with Crippen LogP contribution in [0.15, 0.2) is 47.3 Å². The molecule has 0 atom stereocenters. The van der Waals surface area contributed by atoms with Crippen LogP contribution in [-0.2, 0) is 0 Å². The van der Waals surface area contributed by atoms with Crippen LogP contribution in [0.5, 0.6) is 5.75 Å². The predicted octanol–water partition coefficient (Wildman–Crippen LogP) is -0.676. The molecule has 0 aliphatic carbocycles. The molecule has 4 rings (SSSR count). The van der Waals surface area contributed by atoms with Crippen molar-refractivity contribution in [3.63, 3.8) is 0 Å². The van der Waals surface area contributed by atoms with E-state index in [1.165, 1.54) is 11.3 Å². The minimum absolute atomic E-state index is 0. The van der Waals surface area contributed by atoms with Crippen molar-refractivity contribution in [2.45, 2.75) is 6.92 Å². The van der Waals surface area contributed by atoms with Crippen LogP contribution in [-0.4, -0.2) is 10.2 Å². The number of carbonyl (C=O) groups is 1. The molecule has 0 N–H and O–H groups in total. The minimum Gasteiger partial charge on any atom is -0.871 e. The second-order valence-electron chi connectivity index (χ2n) is 5.12. The first-order chi connectivity index (χ1) is 10.1. The first-order valence-corrected chi connectivity index (χ1v) is 6.60. The van der Waals surface area contributed by atoms with E-state index in [2.05, 4.69) is 0 Å². The molecule has 22 heavy (non-hydrogen) atoms. The van der Waals surface area contributed by atoms with Gasteiger partial charge in [0.15, 0.2) is 5.78 Å². The molecule has 0 aliphatic heterocycles. The fourth-order valence-electron chi connectivity index (χ4n) is 3.07. The summed E-state index contributed by atoms with van der Waals surface area (Å²) in [6, 6.07) is 12.8. The molecule has 4 aromatic rings. The Kier molecular flexibility index (Phi) is 3.48. The van der Waals surface area contributed by atoms with Crippen molar-refractivity contribution in [3.8, 4) is 5.75 Å². The van der Waals surface area contributed by atoms with Gasteiger partial charge in [0, 0.05) is 10.8 Å². The Morgan fingerprint density at radius 1 is 1.00 bits per heavy atom. The number of fused-ring (bicyclic) bond motifs is 3. The molecular weight excluding hydrogens is 289 g/mol. The van der Waals surface area contributed by atoms with Crippen LogP contribution < -0.4 is 40.2 Å². The number of nitrogens with zero attached hydrogens (tertiary/aromatic N) is 1. The number of benzene rings is 2. The summed E-state index contributed by atoms with van der Waals surface area (Å²) in [4.78, 5) is 24.3. The summed E-state index contributed by atoms with van der Waals surface area (Å²) in [6.07, 6.45) is 0. The van der Waals surface area contributed by atoms with E-state index >= 15 is 0 Å². The van der Waals surface area contributed by atoms with E-state index in [1.807, 2.05) is 30.3 Å². The number of ketones is 1. The zero-order valence-electron chi connectivity index (χ0n) is 12.2. The summed E-state index contributed by atoms with van der Waals surface area (Å²) in [6.45, 7) is 1.25. The minimum atomic E-state index is -0.530. The summed E-state index contributed by atoms with van der Waals surface area (Å²) in [5, 5.41) is 14.6. The first-order valence-electron chi connectivity index (χ1n) is 6.60. The van der Waals surface area contributed by atoms with E-state index in [4.69, 9.17) is 0 Å². The molecule has 0 aliphatic rings. The van der Waals surface area contributed by atoms with Gasteiger partial charge in [-0.05, 0) is 18.4 Å². The Balaban J connectivity index is 0.00000144. The Morgan fingerprint density at radius 3 is 2.36 bits per heavy atom. The van der Waals surface area contributed by atoms with Crippen LogP contribution in [0.1, 0.15) is 17.3 Å². The van der Waals surface area contributed by atoms with Crippen LogP contribution in [0.4, 0.5) is 0 Å². The monoisotopic (exact) mass is 299 g/mol. The third-order valence-corrected chi connectivity index (χ3v) is 3.94. The van der Waals surface area contributed by atoms with Crippen molar-refractivity contribution in [1.29, 1.82) is 0 Å². The molecule has 0 saturated heterocycles. The van der Waals surface area contributed by atoms with Gasteiger partial charge in [-0.3, -0.25) is 14.0 Å². The average Bonchev–Trinajstić information content (AvgIpc) is 2.80. The van der Waals surface area contributed by atoms with Gasteiger partial charge >= 0.3 is 29.6 Å². The summed E-state index contributed by atoms with van der Waals surface area (Å²) in [5.74, 6) is -0.973. The van der Waals surface area contributed by atoms with Crippen molar-refractivity contribution in [2.24, 2.45) is 0 Å². The van der Waals surface area contributed by atoms with Crippen molar-refractivity contribution in [1.82, 2.24) is 4.40 Å². The molecule has 2 heterocycles. The Bertz CT molecular complexity index is 1100. The molecule has 0 saturated carbocycles. The number of Topliss-reactive ketones (excluding diaryl/α,β-unsaturated/α-hetero) is 1. The molecule has 0 unspecified atom stereocenters. The van der Waals surface area contributed by atoms with Gasteiger partial charge in [-0.15, -0.1) is 0 Å². The van der Waals surface area contributed by atoms with Crippen molar-refractivity contribution < 1.29 is 39.5 Å². The number of hydrogen-bond acceptors (Lipinski definition) is 3. The van der Waals surface area contributed by atoms with Gasteiger partial charge in [-0.25, -0.2) is 0 Å². The van der Waals surface area contributed by atoms with Gasteiger partial charge < -0.3 is 5.11 Å². The molecule has 0 radical (unpaired) electrons. The SMILES string of the molecule is CC(=O)c1c([O-])c2cccc3c4ccccc4n(c1=O)c23.[Na+]. The maximum atomic E-state index is 12.6. The van der Waals surface area contributed by atoms with Crippen LogP contribution in [0, 0.1) is 0 Å². The van der Waals surface area contributed by atoms with E-state index in [-0.39, 0.29) is 35.1 Å². The third-order valence-electron chi connectivity index (χ3n) is 3.94. The third kappa shape index (κ3) is 1.75. The number of carbonyl (C=O) groups excluding carboxylic acids is 1. The molecule has 0 spiro atoms. The zero-order chi connectivity index (χ0) is 14.7. The number of hydrogen-bond donors (Lipinski definition) is 0. The van der Waals surface area contributed by atoms with E-state index in [9.17, 15) is 14.7 Å². The van der Waals surface area contributed by atoms with Crippen LogP contribution in [0.2, 0.25) is 0 Å². The molecule has 0 fully saturated rings. The molecular formula is C17H10NNaO3. The second-order valence-corrected chi connectivity index (χ2v) is 5.12. The number of rotatable bonds is 1. The number of para-hydroxylation sites is 2. The Hall–Kier alpha value is -1.88. The van der Waals surface area contributed by atoms with E-state index < -0.39 is 17.1 Å². The molecule has 2 aromatic carbocycles. The largest absolute Gasteiger partial charge is 1.00 e. The first kappa shape index (κ1) is 15.0. The van der Waals surface area contributed by atoms with Gasteiger partial charge in [0.2, 0.25) is 0 Å². The van der Waals surface area contributed by atoms with Crippen LogP contribution in [0.3, 0.4) is 0 Å². The fraction of sp³-hybridized carbons (Fsp3) is 0.0588. The van der Waals surface area contributed by atoms with Gasteiger partial charge in [0.05, 0.1) is 16.6 Å². The Morgan fingerprint density at radius 2 is 1.64 bits per heavy atom. The molecule has 4 nitrogen and oxygen atoms in total. The Labute approximate surface area is 147 Å². The molecule has 5 heteroatoms. The van der Waals surface area contributed by atoms with E-state index in [1.54, 1.807) is 12.1 Å². The molecule has 0 amide bonds. The van der Waals surface area contributed by atoms with Crippen molar-refractivity contribution in [2.75, 3.05) is 0 Å². The van der Waals surface area contributed by atoms with Gasteiger partial charge in [0.25, 0.3) is 5.56 Å². The standard InChI is InChI=1S/C17H11NO3.Na/c1-9(19)14-16(20)12-7-4-6-11-10-5-2-3-8-13(10)18(15(11)12)17(14)21;/h2-8,20H,1H3;/q;+1/p-1. The van der Waals surface area contributed by atoms with E-state index in [0.29, 0.717) is 10.9 Å². The second kappa shape index (κ2) is 5.09. The summed E-state index contributed by atoms with van der Waals surface area (Å²) >= 11 is 0. The molecule has 102 valence electrons. The van der Waals surface area contributed by atoms with Gasteiger partial charge in [-0.2, -0.15) is 0 Å². The van der Waals surface area contributed by atoms with Crippen molar-refractivity contribution in [3.05, 3.63) is 58.4 Å². The maximum Gasteiger partial charge on any atom is 1.00 e. The van der Waals surface area contributed by atoms with Gasteiger partial charge in [-0.1, -0.05) is 42.1 Å². The topological polar surface area (TPSA) is 61.6 Å². The number of pyridine rings is 1.